The van der Waals surface area contributed by atoms with Crippen LogP contribution in [-0.2, 0) is 6.42 Å². The summed E-state index contributed by atoms with van der Waals surface area (Å²) in [7, 11) is 0. The van der Waals surface area contributed by atoms with Gasteiger partial charge in [-0.2, -0.15) is 0 Å². The Kier molecular flexibility index (Phi) is 4.20. The van der Waals surface area contributed by atoms with Gasteiger partial charge in [0.05, 0.1) is 16.8 Å². The van der Waals surface area contributed by atoms with Crippen LogP contribution in [0, 0.1) is 20.8 Å². The molecule has 4 heteroatoms. The van der Waals surface area contributed by atoms with E-state index in [-0.39, 0.29) is 0 Å². The van der Waals surface area contributed by atoms with E-state index in [0.29, 0.717) is 6.42 Å². The molecule has 0 fully saturated rings. The molecule has 0 saturated carbocycles. The van der Waals surface area contributed by atoms with Crippen molar-refractivity contribution in [3.8, 4) is 0 Å². The minimum Gasteiger partial charge on any atom is -0.388 e. The van der Waals surface area contributed by atoms with Gasteiger partial charge in [0, 0.05) is 15.8 Å². The van der Waals surface area contributed by atoms with Crippen LogP contribution in [0.1, 0.15) is 32.8 Å². The van der Waals surface area contributed by atoms with Gasteiger partial charge in [-0.3, -0.25) is 0 Å². The van der Waals surface area contributed by atoms with E-state index in [1.54, 1.807) is 11.3 Å². The molecule has 1 aromatic heterocycles. The first-order valence-electron chi connectivity index (χ1n) is 5.84. The van der Waals surface area contributed by atoms with Crippen molar-refractivity contribution >= 4 is 27.3 Å². The summed E-state index contributed by atoms with van der Waals surface area (Å²) in [5.74, 6) is 0. The smallest absolute Gasteiger partial charge is 0.0960 e. The molecule has 18 heavy (non-hydrogen) atoms. The van der Waals surface area contributed by atoms with E-state index in [9.17, 15) is 5.11 Å². The van der Waals surface area contributed by atoms with Crippen molar-refractivity contribution in [2.75, 3.05) is 0 Å². The Bertz CT molecular complexity index is 545. The zero-order valence-corrected chi connectivity index (χ0v) is 13.1. The molecule has 0 aliphatic carbocycles. The predicted molar refractivity (Wildman–Crippen MR) is 79.1 cm³/mol. The number of aliphatic hydroxyl groups is 1. The van der Waals surface area contributed by atoms with Gasteiger partial charge in [-0.1, -0.05) is 33.6 Å². The molecule has 2 aromatic rings. The van der Waals surface area contributed by atoms with Crippen molar-refractivity contribution in [1.29, 1.82) is 0 Å². The van der Waals surface area contributed by atoms with Crippen molar-refractivity contribution in [3.05, 3.63) is 49.4 Å². The van der Waals surface area contributed by atoms with Gasteiger partial charge in [-0.25, -0.2) is 4.98 Å². The van der Waals surface area contributed by atoms with Gasteiger partial charge in [0.2, 0.25) is 0 Å². The second-order valence-corrected chi connectivity index (χ2v) is 6.64. The highest BCUT2D eigenvalue weighted by atomic mass is 79.9. The highest BCUT2D eigenvalue weighted by Crippen LogP contribution is 2.28. The molecule has 0 aliphatic heterocycles. The molecule has 0 bridgehead atoms. The first kappa shape index (κ1) is 13.7. The minimum absolute atomic E-state index is 0.510. The Hall–Kier alpha value is -0.710. The molecule has 0 aliphatic rings. The maximum Gasteiger partial charge on any atom is 0.0960 e. The van der Waals surface area contributed by atoms with Gasteiger partial charge < -0.3 is 5.11 Å². The molecular weight excluding hydrogens is 310 g/mol. The van der Waals surface area contributed by atoms with Crippen LogP contribution in [-0.4, -0.2) is 10.1 Å². The van der Waals surface area contributed by atoms with E-state index in [2.05, 4.69) is 27.8 Å². The lowest BCUT2D eigenvalue weighted by Gasteiger charge is -2.12. The van der Waals surface area contributed by atoms with Crippen LogP contribution in [0.25, 0.3) is 0 Å². The minimum atomic E-state index is -0.510. The SMILES string of the molecule is Cc1ccc(Br)c(C(O)Cc2nc(C)c(C)s2)c1. The lowest BCUT2D eigenvalue weighted by atomic mass is 10.0. The molecule has 0 spiro atoms. The Morgan fingerprint density at radius 1 is 1.33 bits per heavy atom. The molecule has 1 unspecified atom stereocenters. The van der Waals surface area contributed by atoms with E-state index >= 15 is 0 Å². The molecule has 96 valence electrons. The van der Waals surface area contributed by atoms with Gasteiger partial charge in [-0.15, -0.1) is 11.3 Å². The summed E-state index contributed by atoms with van der Waals surface area (Å²) in [4.78, 5) is 5.69. The lowest BCUT2D eigenvalue weighted by molar-refractivity contribution is 0.177. The van der Waals surface area contributed by atoms with E-state index in [1.165, 1.54) is 4.88 Å². The standard InChI is InChI=1S/C14H16BrNOS/c1-8-4-5-12(15)11(6-8)13(17)7-14-16-9(2)10(3)18-14/h4-6,13,17H,7H2,1-3H3. The fraction of sp³-hybridized carbons (Fsp3) is 0.357. The number of hydrogen-bond acceptors (Lipinski definition) is 3. The first-order chi connectivity index (χ1) is 8.47. The number of aliphatic hydroxyl groups excluding tert-OH is 1. The molecule has 1 N–H and O–H groups in total. The maximum absolute atomic E-state index is 10.3. The third-order valence-electron chi connectivity index (χ3n) is 2.95. The van der Waals surface area contributed by atoms with Gasteiger partial charge in [0.25, 0.3) is 0 Å². The molecule has 2 nitrogen and oxygen atoms in total. The number of aryl methyl sites for hydroxylation is 3. The molecule has 0 saturated heterocycles. The van der Waals surface area contributed by atoms with Crippen LogP contribution < -0.4 is 0 Å². The summed E-state index contributed by atoms with van der Waals surface area (Å²) in [5, 5.41) is 11.3. The zero-order valence-electron chi connectivity index (χ0n) is 10.7. The lowest BCUT2D eigenvalue weighted by Crippen LogP contribution is -2.03. The maximum atomic E-state index is 10.3. The molecule has 1 heterocycles. The van der Waals surface area contributed by atoms with Crippen LogP contribution in [0.5, 0.6) is 0 Å². The van der Waals surface area contributed by atoms with Crippen LogP contribution in [0.2, 0.25) is 0 Å². The molecule has 1 atom stereocenters. The van der Waals surface area contributed by atoms with Crippen molar-refractivity contribution in [1.82, 2.24) is 4.98 Å². The largest absolute Gasteiger partial charge is 0.388 e. The topological polar surface area (TPSA) is 33.1 Å². The second kappa shape index (κ2) is 5.51. The fourth-order valence-corrected chi connectivity index (χ4v) is 3.30. The second-order valence-electron chi connectivity index (χ2n) is 4.49. The summed E-state index contributed by atoms with van der Waals surface area (Å²) >= 11 is 5.15. The molecular formula is C14H16BrNOS. The quantitative estimate of drug-likeness (QED) is 0.921. The number of thiazole rings is 1. The third kappa shape index (κ3) is 2.99. The highest BCUT2D eigenvalue weighted by Gasteiger charge is 2.15. The number of rotatable bonds is 3. The van der Waals surface area contributed by atoms with Gasteiger partial charge >= 0.3 is 0 Å². The Labute approximate surface area is 120 Å². The molecule has 2 rings (SSSR count). The zero-order chi connectivity index (χ0) is 13.3. The van der Waals surface area contributed by atoms with Gasteiger partial charge in [-0.05, 0) is 32.4 Å². The number of aromatic nitrogens is 1. The number of nitrogens with zero attached hydrogens (tertiary/aromatic N) is 1. The van der Waals surface area contributed by atoms with Crippen molar-refractivity contribution in [2.24, 2.45) is 0 Å². The molecule has 1 aromatic carbocycles. The number of hydrogen-bond donors (Lipinski definition) is 1. The monoisotopic (exact) mass is 325 g/mol. The van der Waals surface area contributed by atoms with Gasteiger partial charge in [0.15, 0.2) is 0 Å². The van der Waals surface area contributed by atoms with E-state index in [1.807, 2.05) is 32.0 Å². The number of benzene rings is 1. The predicted octanol–water partition coefficient (Wildman–Crippen LogP) is 4.11. The van der Waals surface area contributed by atoms with Crippen molar-refractivity contribution < 1.29 is 5.11 Å². The summed E-state index contributed by atoms with van der Waals surface area (Å²) < 4.78 is 0.950. The number of halogens is 1. The van der Waals surface area contributed by atoms with E-state index < -0.39 is 6.10 Å². The van der Waals surface area contributed by atoms with Crippen molar-refractivity contribution in [3.63, 3.8) is 0 Å². The van der Waals surface area contributed by atoms with E-state index in [4.69, 9.17) is 0 Å². The third-order valence-corrected chi connectivity index (χ3v) is 4.77. The average molecular weight is 326 g/mol. The molecule has 0 amide bonds. The summed E-state index contributed by atoms with van der Waals surface area (Å²) in [6.07, 6.45) is 0.0609. The average Bonchev–Trinajstić information content (AvgIpc) is 2.61. The van der Waals surface area contributed by atoms with Crippen LogP contribution in [0.3, 0.4) is 0 Å². The summed E-state index contributed by atoms with van der Waals surface area (Å²) in [5.41, 5.74) is 3.14. The fourth-order valence-electron chi connectivity index (χ4n) is 1.82. The first-order valence-corrected chi connectivity index (χ1v) is 7.45. The Balaban J connectivity index is 2.21. The normalized spacial score (nSPS) is 12.7. The summed E-state index contributed by atoms with van der Waals surface area (Å²) in [6.45, 7) is 6.09. The van der Waals surface area contributed by atoms with Crippen LogP contribution in [0.4, 0.5) is 0 Å². The van der Waals surface area contributed by atoms with Crippen LogP contribution >= 0.6 is 27.3 Å². The van der Waals surface area contributed by atoms with Crippen LogP contribution in [0.15, 0.2) is 22.7 Å². The van der Waals surface area contributed by atoms with Crippen molar-refractivity contribution in [2.45, 2.75) is 33.3 Å². The summed E-state index contributed by atoms with van der Waals surface area (Å²) in [6, 6.07) is 6.02. The highest BCUT2D eigenvalue weighted by molar-refractivity contribution is 9.10. The van der Waals surface area contributed by atoms with Gasteiger partial charge in [0.1, 0.15) is 0 Å². The Morgan fingerprint density at radius 2 is 2.06 bits per heavy atom. The Morgan fingerprint density at radius 3 is 2.67 bits per heavy atom. The molecule has 0 radical (unpaired) electrons. The van der Waals surface area contributed by atoms with E-state index in [0.717, 1.165) is 26.3 Å².